The number of amides is 1. The van der Waals surface area contributed by atoms with Crippen molar-refractivity contribution in [2.24, 2.45) is 0 Å². The van der Waals surface area contributed by atoms with Crippen LogP contribution in [0, 0.1) is 6.92 Å². The molecule has 2 aromatic rings. The molecule has 2 aromatic carbocycles. The summed E-state index contributed by atoms with van der Waals surface area (Å²) in [7, 11) is 0. The number of carbonyl (C=O) groups is 1. The number of aryl methyl sites for hydroxylation is 1. The van der Waals surface area contributed by atoms with Crippen LogP contribution in [0.2, 0.25) is 0 Å². The second-order valence-corrected chi connectivity index (χ2v) is 4.75. The fraction of sp³-hybridized carbons (Fsp3) is 0.235. The van der Waals surface area contributed by atoms with Crippen molar-refractivity contribution in [2.75, 3.05) is 6.54 Å². The molecule has 0 aliphatic rings. The van der Waals surface area contributed by atoms with Crippen LogP contribution in [0.3, 0.4) is 0 Å². The Labute approximate surface area is 114 Å². The van der Waals surface area contributed by atoms with E-state index in [1.165, 1.54) is 11.1 Å². The van der Waals surface area contributed by atoms with Gasteiger partial charge in [0.25, 0.3) is 0 Å². The average molecular weight is 253 g/mol. The molecule has 0 aromatic heterocycles. The first kappa shape index (κ1) is 13.3. The lowest BCUT2D eigenvalue weighted by Gasteiger charge is -2.06. The van der Waals surface area contributed by atoms with Gasteiger partial charge in [-0.25, -0.2) is 0 Å². The van der Waals surface area contributed by atoms with Gasteiger partial charge in [0, 0.05) is 6.54 Å². The van der Waals surface area contributed by atoms with E-state index in [2.05, 4.69) is 36.5 Å². The number of rotatable bonds is 5. The molecule has 0 heterocycles. The normalized spacial score (nSPS) is 10.2. The van der Waals surface area contributed by atoms with Crippen LogP contribution in [0.1, 0.15) is 16.7 Å². The molecule has 0 fully saturated rings. The minimum atomic E-state index is 0.0823. The van der Waals surface area contributed by atoms with Crippen molar-refractivity contribution in [3.05, 3.63) is 71.3 Å². The van der Waals surface area contributed by atoms with Gasteiger partial charge in [-0.05, 0) is 24.5 Å². The van der Waals surface area contributed by atoms with Crippen LogP contribution in [0.25, 0.3) is 0 Å². The lowest BCUT2D eigenvalue weighted by Crippen LogP contribution is -2.27. The van der Waals surface area contributed by atoms with Gasteiger partial charge in [0.15, 0.2) is 0 Å². The Balaban J connectivity index is 1.75. The van der Waals surface area contributed by atoms with E-state index in [1.807, 2.05) is 30.3 Å². The van der Waals surface area contributed by atoms with E-state index in [4.69, 9.17) is 0 Å². The topological polar surface area (TPSA) is 29.1 Å². The van der Waals surface area contributed by atoms with Crippen molar-refractivity contribution < 1.29 is 4.79 Å². The highest BCUT2D eigenvalue weighted by molar-refractivity contribution is 5.78. The number of hydrogen-bond donors (Lipinski definition) is 1. The zero-order chi connectivity index (χ0) is 13.5. The Hall–Kier alpha value is -2.09. The van der Waals surface area contributed by atoms with Crippen molar-refractivity contribution in [1.29, 1.82) is 0 Å². The van der Waals surface area contributed by atoms with Gasteiger partial charge in [-0.15, -0.1) is 0 Å². The SMILES string of the molecule is Cc1cccc(CCNC(=O)Cc2ccccc2)c1. The van der Waals surface area contributed by atoms with Crippen molar-refractivity contribution in [3.63, 3.8) is 0 Å². The molecule has 0 radical (unpaired) electrons. The van der Waals surface area contributed by atoms with Crippen molar-refractivity contribution >= 4 is 5.91 Å². The van der Waals surface area contributed by atoms with Crippen LogP contribution in [-0.2, 0) is 17.6 Å². The summed E-state index contributed by atoms with van der Waals surface area (Å²) in [6.07, 6.45) is 1.33. The first-order valence-corrected chi connectivity index (χ1v) is 6.60. The van der Waals surface area contributed by atoms with E-state index in [0.29, 0.717) is 13.0 Å². The van der Waals surface area contributed by atoms with Gasteiger partial charge in [0.2, 0.25) is 5.91 Å². The van der Waals surface area contributed by atoms with Crippen LogP contribution in [0.5, 0.6) is 0 Å². The summed E-state index contributed by atoms with van der Waals surface area (Å²) in [6, 6.07) is 18.2. The Morgan fingerprint density at radius 1 is 1.00 bits per heavy atom. The van der Waals surface area contributed by atoms with Gasteiger partial charge in [-0.1, -0.05) is 60.2 Å². The molecule has 0 spiro atoms. The van der Waals surface area contributed by atoms with Gasteiger partial charge in [0.05, 0.1) is 6.42 Å². The molecule has 0 saturated carbocycles. The lowest BCUT2D eigenvalue weighted by atomic mass is 10.1. The van der Waals surface area contributed by atoms with E-state index in [1.54, 1.807) is 0 Å². The van der Waals surface area contributed by atoms with Crippen LogP contribution < -0.4 is 5.32 Å². The predicted octanol–water partition coefficient (Wildman–Crippen LogP) is 2.90. The maximum Gasteiger partial charge on any atom is 0.224 e. The van der Waals surface area contributed by atoms with Gasteiger partial charge in [-0.2, -0.15) is 0 Å². The molecule has 0 aliphatic carbocycles. The van der Waals surface area contributed by atoms with Crippen molar-refractivity contribution in [3.8, 4) is 0 Å². The monoisotopic (exact) mass is 253 g/mol. The average Bonchev–Trinajstić information content (AvgIpc) is 2.40. The number of carbonyl (C=O) groups excluding carboxylic acids is 1. The summed E-state index contributed by atoms with van der Waals surface area (Å²) >= 11 is 0. The second kappa shape index (κ2) is 6.74. The molecular formula is C17H19NO. The predicted molar refractivity (Wildman–Crippen MR) is 78.0 cm³/mol. The molecule has 2 heteroatoms. The third-order valence-corrected chi connectivity index (χ3v) is 3.03. The molecule has 0 unspecified atom stereocenters. The summed E-state index contributed by atoms with van der Waals surface area (Å²) in [5.41, 5.74) is 3.57. The highest BCUT2D eigenvalue weighted by Crippen LogP contribution is 2.04. The highest BCUT2D eigenvalue weighted by atomic mass is 16.1. The molecule has 0 atom stereocenters. The fourth-order valence-corrected chi connectivity index (χ4v) is 2.06. The zero-order valence-electron chi connectivity index (χ0n) is 11.2. The van der Waals surface area contributed by atoms with Crippen LogP contribution in [-0.4, -0.2) is 12.5 Å². The molecule has 2 rings (SSSR count). The Morgan fingerprint density at radius 2 is 1.74 bits per heavy atom. The first-order valence-electron chi connectivity index (χ1n) is 6.60. The zero-order valence-corrected chi connectivity index (χ0v) is 11.2. The summed E-state index contributed by atoms with van der Waals surface area (Å²) in [5.74, 6) is 0.0823. The summed E-state index contributed by atoms with van der Waals surface area (Å²) in [4.78, 5) is 11.8. The molecular weight excluding hydrogens is 234 g/mol. The van der Waals surface area contributed by atoms with E-state index in [9.17, 15) is 4.79 Å². The molecule has 0 aliphatic heterocycles. The maximum absolute atomic E-state index is 11.8. The van der Waals surface area contributed by atoms with Crippen LogP contribution in [0.15, 0.2) is 54.6 Å². The third-order valence-electron chi connectivity index (χ3n) is 3.03. The van der Waals surface area contributed by atoms with E-state index in [-0.39, 0.29) is 5.91 Å². The molecule has 98 valence electrons. The minimum Gasteiger partial charge on any atom is -0.355 e. The van der Waals surface area contributed by atoms with E-state index < -0.39 is 0 Å². The molecule has 0 saturated heterocycles. The Morgan fingerprint density at radius 3 is 2.47 bits per heavy atom. The minimum absolute atomic E-state index is 0.0823. The number of hydrogen-bond acceptors (Lipinski definition) is 1. The van der Waals surface area contributed by atoms with Gasteiger partial charge < -0.3 is 5.32 Å². The van der Waals surface area contributed by atoms with Crippen molar-refractivity contribution in [1.82, 2.24) is 5.32 Å². The van der Waals surface area contributed by atoms with Gasteiger partial charge in [-0.3, -0.25) is 4.79 Å². The Bertz CT molecular complexity index is 534. The largest absolute Gasteiger partial charge is 0.355 e. The van der Waals surface area contributed by atoms with Crippen LogP contribution >= 0.6 is 0 Å². The van der Waals surface area contributed by atoms with Gasteiger partial charge >= 0.3 is 0 Å². The highest BCUT2D eigenvalue weighted by Gasteiger charge is 2.02. The third kappa shape index (κ3) is 4.59. The molecule has 1 amide bonds. The molecule has 1 N–H and O–H groups in total. The van der Waals surface area contributed by atoms with Gasteiger partial charge in [0.1, 0.15) is 0 Å². The second-order valence-electron chi connectivity index (χ2n) is 4.75. The van der Waals surface area contributed by atoms with Crippen molar-refractivity contribution in [2.45, 2.75) is 19.8 Å². The smallest absolute Gasteiger partial charge is 0.224 e. The quantitative estimate of drug-likeness (QED) is 0.872. The molecule has 2 nitrogen and oxygen atoms in total. The Kier molecular flexibility index (Phi) is 4.73. The summed E-state index contributed by atoms with van der Waals surface area (Å²) in [6.45, 7) is 2.77. The fourth-order valence-electron chi connectivity index (χ4n) is 2.06. The summed E-state index contributed by atoms with van der Waals surface area (Å²) in [5, 5.41) is 2.96. The lowest BCUT2D eigenvalue weighted by molar-refractivity contribution is -0.120. The maximum atomic E-state index is 11.8. The summed E-state index contributed by atoms with van der Waals surface area (Å²) < 4.78 is 0. The number of benzene rings is 2. The number of nitrogens with one attached hydrogen (secondary N) is 1. The van der Waals surface area contributed by atoms with E-state index >= 15 is 0 Å². The van der Waals surface area contributed by atoms with Crippen LogP contribution in [0.4, 0.5) is 0 Å². The molecule has 19 heavy (non-hydrogen) atoms. The van der Waals surface area contributed by atoms with E-state index in [0.717, 1.165) is 12.0 Å². The first-order chi connectivity index (χ1) is 9.24. The standard InChI is InChI=1S/C17H19NO/c1-14-6-5-9-16(12-14)10-11-18-17(19)13-15-7-3-2-4-8-15/h2-9,12H,10-11,13H2,1H3,(H,18,19). The molecule has 0 bridgehead atoms.